The molecule has 1 aliphatic rings. The summed E-state index contributed by atoms with van der Waals surface area (Å²) in [4.78, 5) is 42.9. The van der Waals surface area contributed by atoms with Crippen LogP contribution in [0.1, 0.15) is 51.5 Å². The molecule has 29 heavy (non-hydrogen) atoms. The standard InChI is InChI=1S/C20H23N5O4/c1-2-3-12-23-18-16(19(26)22-20(23)27)24(14-6-4-5-7-14)17(21-18)13-8-10-15(11-9-13)25(28)29/h8-11,14H,2-7,12H2,1H3,(H,22,26,27). The summed E-state index contributed by atoms with van der Waals surface area (Å²) in [6, 6.07) is 6.27. The zero-order valence-corrected chi connectivity index (χ0v) is 16.3. The van der Waals surface area contributed by atoms with Crippen LogP contribution in [0.15, 0.2) is 33.9 Å². The molecule has 0 atom stereocenters. The summed E-state index contributed by atoms with van der Waals surface area (Å²) >= 11 is 0. The quantitative estimate of drug-likeness (QED) is 0.506. The van der Waals surface area contributed by atoms with Crippen LogP contribution in [-0.4, -0.2) is 24.0 Å². The zero-order valence-electron chi connectivity index (χ0n) is 16.3. The molecule has 1 fully saturated rings. The minimum absolute atomic E-state index is 0.00465. The predicted molar refractivity (Wildman–Crippen MR) is 109 cm³/mol. The Morgan fingerprint density at radius 1 is 1.21 bits per heavy atom. The number of nitro benzene ring substituents is 1. The van der Waals surface area contributed by atoms with E-state index in [4.69, 9.17) is 4.98 Å². The molecule has 0 amide bonds. The van der Waals surface area contributed by atoms with Gasteiger partial charge in [0.15, 0.2) is 11.2 Å². The number of hydrogen-bond acceptors (Lipinski definition) is 5. The number of nitrogens with zero attached hydrogens (tertiary/aromatic N) is 4. The number of benzene rings is 1. The van der Waals surface area contributed by atoms with E-state index >= 15 is 0 Å². The fraction of sp³-hybridized carbons (Fsp3) is 0.450. The smallest absolute Gasteiger partial charge is 0.315 e. The monoisotopic (exact) mass is 397 g/mol. The number of H-pyrrole nitrogens is 1. The van der Waals surface area contributed by atoms with Crippen LogP contribution in [0, 0.1) is 10.1 Å². The number of hydrogen-bond donors (Lipinski definition) is 1. The van der Waals surface area contributed by atoms with Crippen LogP contribution >= 0.6 is 0 Å². The lowest BCUT2D eigenvalue weighted by molar-refractivity contribution is -0.384. The lowest BCUT2D eigenvalue weighted by atomic mass is 10.1. The van der Waals surface area contributed by atoms with Crippen LogP contribution < -0.4 is 11.2 Å². The number of rotatable bonds is 6. The number of unbranched alkanes of at least 4 members (excludes halogenated alkanes) is 1. The van der Waals surface area contributed by atoms with E-state index in [0.29, 0.717) is 29.1 Å². The average Bonchev–Trinajstić information content (AvgIpc) is 3.35. The van der Waals surface area contributed by atoms with Crippen LogP contribution in [0.2, 0.25) is 0 Å². The van der Waals surface area contributed by atoms with Gasteiger partial charge in [-0.1, -0.05) is 26.2 Å². The number of aromatic nitrogens is 4. The van der Waals surface area contributed by atoms with E-state index in [2.05, 4.69) is 4.98 Å². The number of nitrogens with one attached hydrogen (secondary N) is 1. The number of nitro groups is 1. The number of aryl methyl sites for hydroxylation is 1. The van der Waals surface area contributed by atoms with Gasteiger partial charge in [-0.2, -0.15) is 0 Å². The number of non-ortho nitro benzene ring substituents is 1. The van der Waals surface area contributed by atoms with Crippen molar-refractivity contribution >= 4 is 16.9 Å². The van der Waals surface area contributed by atoms with Gasteiger partial charge >= 0.3 is 5.69 Å². The van der Waals surface area contributed by atoms with Crippen molar-refractivity contribution < 1.29 is 4.92 Å². The molecule has 3 aromatic rings. The molecule has 9 heteroatoms. The number of aromatic amines is 1. The van der Waals surface area contributed by atoms with Gasteiger partial charge in [-0.25, -0.2) is 9.78 Å². The SMILES string of the molecule is CCCCn1c(=O)[nH]c(=O)c2c1nc(-c1ccc([N+](=O)[O-])cc1)n2C1CCCC1. The molecule has 9 nitrogen and oxygen atoms in total. The molecule has 1 saturated carbocycles. The molecule has 2 heterocycles. The second kappa shape index (κ2) is 7.65. The number of imidazole rings is 1. The van der Waals surface area contributed by atoms with E-state index in [-0.39, 0.29) is 11.7 Å². The third-order valence-corrected chi connectivity index (χ3v) is 5.59. The van der Waals surface area contributed by atoms with Crippen LogP contribution in [0.4, 0.5) is 5.69 Å². The summed E-state index contributed by atoms with van der Waals surface area (Å²) in [5.41, 5.74) is 0.573. The first-order valence-corrected chi connectivity index (χ1v) is 10.0. The lowest BCUT2D eigenvalue weighted by Gasteiger charge is -2.16. The molecule has 1 aliphatic carbocycles. The average molecular weight is 397 g/mol. The molecule has 0 saturated heterocycles. The van der Waals surface area contributed by atoms with Crippen LogP contribution in [0.5, 0.6) is 0 Å². The van der Waals surface area contributed by atoms with Crippen molar-refractivity contribution in [3.05, 3.63) is 55.2 Å². The van der Waals surface area contributed by atoms with Gasteiger partial charge in [0.2, 0.25) is 0 Å². The summed E-state index contributed by atoms with van der Waals surface area (Å²) in [6.45, 7) is 2.51. The van der Waals surface area contributed by atoms with Crippen molar-refractivity contribution in [1.82, 2.24) is 19.1 Å². The maximum atomic E-state index is 12.8. The van der Waals surface area contributed by atoms with E-state index in [0.717, 1.165) is 38.5 Å². The highest BCUT2D eigenvalue weighted by atomic mass is 16.6. The van der Waals surface area contributed by atoms with Gasteiger partial charge in [0.05, 0.1) is 4.92 Å². The Kier molecular flexibility index (Phi) is 5.04. The minimum Gasteiger partial charge on any atom is -0.315 e. The Morgan fingerprint density at radius 2 is 1.90 bits per heavy atom. The Bertz CT molecular complexity index is 1170. The Labute approximate surface area is 166 Å². The largest absolute Gasteiger partial charge is 0.330 e. The normalized spacial score (nSPS) is 14.7. The predicted octanol–water partition coefficient (Wildman–Crippen LogP) is 3.38. The third-order valence-electron chi connectivity index (χ3n) is 5.59. The second-order valence-corrected chi connectivity index (χ2v) is 7.48. The Morgan fingerprint density at radius 3 is 2.52 bits per heavy atom. The van der Waals surface area contributed by atoms with E-state index in [9.17, 15) is 19.7 Å². The molecular formula is C20H23N5O4. The van der Waals surface area contributed by atoms with Gasteiger partial charge in [-0.05, 0) is 31.4 Å². The van der Waals surface area contributed by atoms with Crippen LogP contribution in [-0.2, 0) is 6.54 Å². The van der Waals surface area contributed by atoms with Crippen LogP contribution in [0.25, 0.3) is 22.6 Å². The molecule has 0 unspecified atom stereocenters. The topological polar surface area (TPSA) is 116 Å². The molecular weight excluding hydrogens is 374 g/mol. The fourth-order valence-electron chi connectivity index (χ4n) is 4.12. The second-order valence-electron chi connectivity index (χ2n) is 7.48. The highest BCUT2D eigenvalue weighted by Crippen LogP contribution is 2.36. The van der Waals surface area contributed by atoms with Gasteiger partial charge < -0.3 is 4.57 Å². The van der Waals surface area contributed by atoms with Gasteiger partial charge in [-0.3, -0.25) is 24.5 Å². The first kappa shape index (κ1) is 19.1. The van der Waals surface area contributed by atoms with Crippen molar-refractivity contribution in [2.75, 3.05) is 0 Å². The van der Waals surface area contributed by atoms with Crippen LogP contribution in [0.3, 0.4) is 0 Å². The summed E-state index contributed by atoms with van der Waals surface area (Å²) in [6.07, 6.45) is 5.70. The Hall–Kier alpha value is -3.23. The number of fused-ring (bicyclic) bond motifs is 1. The maximum Gasteiger partial charge on any atom is 0.330 e. The maximum absolute atomic E-state index is 12.8. The summed E-state index contributed by atoms with van der Waals surface area (Å²) in [5.74, 6) is 0.572. The molecule has 0 bridgehead atoms. The molecule has 2 aromatic heterocycles. The van der Waals surface area contributed by atoms with E-state index in [1.54, 1.807) is 12.1 Å². The third kappa shape index (κ3) is 3.37. The Balaban J connectivity index is 1.98. The van der Waals surface area contributed by atoms with Gasteiger partial charge in [0, 0.05) is 30.3 Å². The van der Waals surface area contributed by atoms with Crippen molar-refractivity contribution in [3.63, 3.8) is 0 Å². The first-order chi connectivity index (χ1) is 14.0. The first-order valence-electron chi connectivity index (χ1n) is 10.0. The lowest BCUT2D eigenvalue weighted by Crippen LogP contribution is -2.31. The van der Waals surface area contributed by atoms with E-state index < -0.39 is 16.2 Å². The highest BCUT2D eigenvalue weighted by molar-refractivity contribution is 5.77. The summed E-state index contributed by atoms with van der Waals surface area (Å²) < 4.78 is 3.46. The van der Waals surface area contributed by atoms with Crippen molar-refractivity contribution in [1.29, 1.82) is 0 Å². The van der Waals surface area contributed by atoms with Crippen molar-refractivity contribution in [3.8, 4) is 11.4 Å². The van der Waals surface area contributed by atoms with Gasteiger partial charge in [0.1, 0.15) is 5.82 Å². The molecule has 1 N–H and O–H groups in total. The summed E-state index contributed by atoms with van der Waals surface area (Å²) in [7, 11) is 0. The van der Waals surface area contributed by atoms with Gasteiger partial charge in [-0.15, -0.1) is 0 Å². The van der Waals surface area contributed by atoms with Crippen molar-refractivity contribution in [2.24, 2.45) is 0 Å². The molecule has 4 rings (SSSR count). The highest BCUT2D eigenvalue weighted by Gasteiger charge is 2.27. The minimum atomic E-state index is -0.456. The van der Waals surface area contributed by atoms with Crippen molar-refractivity contribution in [2.45, 2.75) is 58.0 Å². The molecule has 0 spiro atoms. The molecule has 1 aromatic carbocycles. The molecule has 0 aliphatic heterocycles. The van der Waals surface area contributed by atoms with E-state index in [1.807, 2.05) is 11.5 Å². The summed E-state index contributed by atoms with van der Waals surface area (Å²) in [5, 5.41) is 11.0. The fourth-order valence-corrected chi connectivity index (χ4v) is 4.12. The van der Waals surface area contributed by atoms with Gasteiger partial charge in [0.25, 0.3) is 11.2 Å². The zero-order chi connectivity index (χ0) is 20.5. The molecule has 152 valence electrons. The van der Waals surface area contributed by atoms with E-state index in [1.165, 1.54) is 16.7 Å². The molecule has 0 radical (unpaired) electrons.